The number of nitrogens with zero attached hydrogens (tertiary/aromatic N) is 3. The average Bonchev–Trinajstić information content (AvgIpc) is 2.51. The monoisotopic (exact) mass is 310 g/mol. The number of pyridine rings is 1. The lowest BCUT2D eigenvalue weighted by molar-refractivity contribution is 1.16. The number of benzene rings is 1. The van der Waals surface area contributed by atoms with Crippen molar-refractivity contribution in [1.29, 1.82) is 0 Å². The lowest BCUT2D eigenvalue weighted by Crippen LogP contribution is -1.99. The zero-order chi connectivity index (χ0) is 15.5. The van der Waals surface area contributed by atoms with Gasteiger partial charge in [0.25, 0.3) is 0 Å². The SMILES string of the molecule is Cc1ccc(C)c(Nc2cc(Cl)nc(-c3cccnc3)n2)c1. The Labute approximate surface area is 134 Å². The van der Waals surface area contributed by atoms with Gasteiger partial charge in [-0.25, -0.2) is 9.97 Å². The van der Waals surface area contributed by atoms with Crippen molar-refractivity contribution in [2.45, 2.75) is 13.8 Å². The predicted octanol–water partition coefficient (Wildman–Crippen LogP) is 4.55. The highest BCUT2D eigenvalue weighted by Crippen LogP contribution is 2.24. The second-order valence-corrected chi connectivity index (χ2v) is 5.47. The quantitative estimate of drug-likeness (QED) is 0.721. The molecular weight excluding hydrogens is 296 g/mol. The highest BCUT2D eigenvalue weighted by atomic mass is 35.5. The standard InChI is InChI=1S/C17H15ClN4/c1-11-5-6-12(2)14(8-11)20-16-9-15(18)21-17(22-16)13-4-3-7-19-10-13/h3-10H,1-2H3,(H,20,21,22). The van der Waals surface area contributed by atoms with Crippen LogP contribution in [-0.2, 0) is 0 Å². The first-order chi connectivity index (χ1) is 10.6. The molecule has 0 aliphatic carbocycles. The van der Waals surface area contributed by atoms with Gasteiger partial charge in [0.2, 0.25) is 0 Å². The maximum Gasteiger partial charge on any atom is 0.164 e. The normalized spacial score (nSPS) is 10.5. The fraction of sp³-hybridized carbons (Fsp3) is 0.118. The molecule has 0 aliphatic heterocycles. The fourth-order valence-corrected chi connectivity index (χ4v) is 2.30. The van der Waals surface area contributed by atoms with Crippen molar-refractivity contribution in [2.24, 2.45) is 0 Å². The summed E-state index contributed by atoms with van der Waals surface area (Å²) in [5.41, 5.74) is 4.16. The van der Waals surface area contributed by atoms with E-state index in [-0.39, 0.29) is 0 Å². The summed E-state index contributed by atoms with van der Waals surface area (Å²) >= 11 is 6.13. The molecule has 110 valence electrons. The molecular formula is C17H15ClN4. The van der Waals surface area contributed by atoms with Gasteiger partial charge in [0.1, 0.15) is 11.0 Å². The number of hydrogen-bond acceptors (Lipinski definition) is 4. The maximum atomic E-state index is 6.13. The summed E-state index contributed by atoms with van der Waals surface area (Å²) in [6.07, 6.45) is 3.43. The molecule has 5 heteroatoms. The van der Waals surface area contributed by atoms with Crippen LogP contribution in [0.15, 0.2) is 48.8 Å². The van der Waals surface area contributed by atoms with Crippen LogP contribution in [0.25, 0.3) is 11.4 Å². The van der Waals surface area contributed by atoms with E-state index in [4.69, 9.17) is 11.6 Å². The summed E-state index contributed by atoms with van der Waals surface area (Å²) in [5, 5.41) is 3.70. The van der Waals surface area contributed by atoms with Gasteiger partial charge in [-0.1, -0.05) is 23.7 Å². The Morgan fingerprint density at radius 1 is 1.05 bits per heavy atom. The number of hydrogen-bond donors (Lipinski definition) is 1. The summed E-state index contributed by atoms with van der Waals surface area (Å²) in [6, 6.07) is 11.7. The number of rotatable bonds is 3. The minimum absolute atomic E-state index is 0.390. The van der Waals surface area contributed by atoms with Gasteiger partial charge in [0.15, 0.2) is 5.82 Å². The van der Waals surface area contributed by atoms with Gasteiger partial charge in [-0.3, -0.25) is 4.98 Å². The number of aromatic nitrogens is 3. The van der Waals surface area contributed by atoms with Crippen molar-refractivity contribution in [1.82, 2.24) is 15.0 Å². The van der Waals surface area contributed by atoms with Crippen LogP contribution in [0.3, 0.4) is 0 Å². The molecule has 0 fully saturated rings. The smallest absolute Gasteiger partial charge is 0.164 e. The van der Waals surface area contributed by atoms with Gasteiger partial charge in [-0.05, 0) is 43.2 Å². The topological polar surface area (TPSA) is 50.7 Å². The molecule has 1 aromatic carbocycles. The molecule has 22 heavy (non-hydrogen) atoms. The van der Waals surface area contributed by atoms with Crippen LogP contribution in [-0.4, -0.2) is 15.0 Å². The van der Waals surface area contributed by atoms with Crippen molar-refractivity contribution in [3.8, 4) is 11.4 Å². The molecule has 2 aromatic heterocycles. The van der Waals surface area contributed by atoms with Crippen molar-refractivity contribution >= 4 is 23.1 Å². The van der Waals surface area contributed by atoms with Crippen LogP contribution < -0.4 is 5.32 Å². The average molecular weight is 311 g/mol. The second-order valence-electron chi connectivity index (χ2n) is 5.08. The number of anilines is 2. The van der Waals surface area contributed by atoms with E-state index in [1.165, 1.54) is 5.56 Å². The predicted molar refractivity (Wildman–Crippen MR) is 89.5 cm³/mol. The minimum atomic E-state index is 0.390. The Hall–Kier alpha value is -2.46. The van der Waals surface area contributed by atoms with Crippen LogP contribution in [0.4, 0.5) is 11.5 Å². The number of nitrogens with one attached hydrogen (secondary N) is 1. The van der Waals surface area contributed by atoms with E-state index in [0.29, 0.717) is 16.8 Å². The zero-order valence-corrected chi connectivity index (χ0v) is 13.1. The van der Waals surface area contributed by atoms with Crippen LogP contribution in [0.5, 0.6) is 0 Å². The van der Waals surface area contributed by atoms with E-state index in [0.717, 1.165) is 16.8 Å². The van der Waals surface area contributed by atoms with E-state index in [9.17, 15) is 0 Å². The molecule has 0 atom stereocenters. The van der Waals surface area contributed by atoms with Crippen molar-refractivity contribution in [3.63, 3.8) is 0 Å². The highest BCUT2D eigenvalue weighted by Gasteiger charge is 2.07. The molecule has 0 amide bonds. The van der Waals surface area contributed by atoms with Gasteiger partial charge >= 0.3 is 0 Å². The zero-order valence-electron chi connectivity index (χ0n) is 12.3. The third-order valence-electron chi connectivity index (χ3n) is 3.27. The lowest BCUT2D eigenvalue weighted by Gasteiger charge is -2.11. The molecule has 0 bridgehead atoms. The van der Waals surface area contributed by atoms with Gasteiger partial charge in [-0.2, -0.15) is 0 Å². The third-order valence-corrected chi connectivity index (χ3v) is 3.46. The first-order valence-electron chi connectivity index (χ1n) is 6.91. The second kappa shape index (κ2) is 6.12. The molecule has 0 aliphatic rings. The lowest BCUT2D eigenvalue weighted by atomic mass is 10.1. The maximum absolute atomic E-state index is 6.13. The Morgan fingerprint density at radius 3 is 2.68 bits per heavy atom. The van der Waals surface area contributed by atoms with Crippen LogP contribution in [0, 0.1) is 13.8 Å². The third kappa shape index (κ3) is 3.23. The Balaban J connectivity index is 1.98. The molecule has 0 unspecified atom stereocenters. The number of aryl methyl sites for hydroxylation is 2. The van der Waals surface area contributed by atoms with E-state index in [1.54, 1.807) is 18.5 Å². The van der Waals surface area contributed by atoms with Gasteiger partial charge in [0, 0.05) is 29.7 Å². The molecule has 3 rings (SSSR count). The Bertz CT molecular complexity index is 803. The van der Waals surface area contributed by atoms with E-state index < -0.39 is 0 Å². The molecule has 3 aromatic rings. The van der Waals surface area contributed by atoms with Crippen molar-refractivity contribution in [3.05, 3.63) is 65.1 Å². The fourth-order valence-electron chi connectivity index (χ4n) is 2.11. The molecule has 0 radical (unpaired) electrons. The molecule has 0 saturated heterocycles. The van der Waals surface area contributed by atoms with Gasteiger partial charge in [-0.15, -0.1) is 0 Å². The summed E-state index contributed by atoms with van der Waals surface area (Å²) in [6.45, 7) is 4.10. The summed E-state index contributed by atoms with van der Waals surface area (Å²) in [5.74, 6) is 1.21. The summed E-state index contributed by atoms with van der Waals surface area (Å²) in [7, 11) is 0. The number of halogens is 1. The molecule has 0 spiro atoms. The van der Waals surface area contributed by atoms with Gasteiger partial charge in [0.05, 0.1) is 0 Å². The van der Waals surface area contributed by atoms with Crippen molar-refractivity contribution < 1.29 is 0 Å². The molecule has 4 nitrogen and oxygen atoms in total. The van der Waals surface area contributed by atoms with E-state index in [2.05, 4.69) is 45.4 Å². The molecule has 0 saturated carbocycles. The first kappa shape index (κ1) is 14.5. The van der Waals surface area contributed by atoms with Crippen LogP contribution in [0.2, 0.25) is 5.15 Å². The van der Waals surface area contributed by atoms with Crippen molar-refractivity contribution in [2.75, 3.05) is 5.32 Å². The van der Waals surface area contributed by atoms with Gasteiger partial charge < -0.3 is 5.32 Å². The summed E-state index contributed by atoms with van der Waals surface area (Å²) < 4.78 is 0. The first-order valence-corrected chi connectivity index (χ1v) is 7.29. The van der Waals surface area contributed by atoms with E-state index >= 15 is 0 Å². The largest absolute Gasteiger partial charge is 0.340 e. The van der Waals surface area contributed by atoms with Crippen LogP contribution in [0.1, 0.15) is 11.1 Å². The minimum Gasteiger partial charge on any atom is -0.340 e. The molecule has 2 heterocycles. The van der Waals surface area contributed by atoms with E-state index in [1.807, 2.05) is 19.1 Å². The Morgan fingerprint density at radius 2 is 1.91 bits per heavy atom. The van der Waals surface area contributed by atoms with Crippen LogP contribution >= 0.6 is 11.6 Å². The summed E-state index contributed by atoms with van der Waals surface area (Å²) in [4.78, 5) is 12.9. The molecule has 1 N–H and O–H groups in total. The Kier molecular flexibility index (Phi) is 4.02. The highest BCUT2D eigenvalue weighted by molar-refractivity contribution is 6.29.